The molecule has 0 saturated carbocycles. The van der Waals surface area contributed by atoms with Gasteiger partial charge in [0, 0.05) is 7.11 Å². The van der Waals surface area contributed by atoms with Crippen LogP contribution >= 0.6 is 0 Å². The van der Waals surface area contributed by atoms with Crippen LogP contribution in [0.1, 0.15) is 13.3 Å². The van der Waals surface area contributed by atoms with E-state index < -0.39 is 21.1 Å². The van der Waals surface area contributed by atoms with Crippen LogP contribution < -0.4 is 0 Å². The molecule has 0 saturated heterocycles. The summed E-state index contributed by atoms with van der Waals surface area (Å²) in [7, 11) is -0.589. The second-order valence-electron chi connectivity index (χ2n) is 2.95. The highest BCUT2D eigenvalue weighted by Gasteiger charge is 2.23. The predicted molar refractivity (Wildman–Crippen MR) is 51.8 cm³/mol. The van der Waals surface area contributed by atoms with Crippen LogP contribution in [-0.2, 0) is 24.1 Å². The van der Waals surface area contributed by atoms with E-state index in [0.29, 0.717) is 0 Å². The number of hydrogen-bond donors (Lipinski definition) is 0. The van der Waals surface area contributed by atoms with Gasteiger partial charge >= 0.3 is 5.97 Å². The Kier molecular flexibility index (Phi) is 5.71. The normalized spacial score (nSPS) is 13.6. The predicted octanol–water partition coefficient (Wildman–Crippen LogP) is -0.000800. The molecular formula is C8H16O5S. The zero-order chi connectivity index (χ0) is 11.2. The standard InChI is InChI=1S/C8H16O5S/c1-7(6-8(9)13-3)14(10,11)5-4-12-2/h7H,4-6H2,1-3H3. The van der Waals surface area contributed by atoms with Gasteiger partial charge in [-0.15, -0.1) is 0 Å². The molecule has 1 unspecified atom stereocenters. The van der Waals surface area contributed by atoms with Gasteiger partial charge in [-0.2, -0.15) is 0 Å². The van der Waals surface area contributed by atoms with Crippen molar-refractivity contribution in [2.75, 3.05) is 26.6 Å². The van der Waals surface area contributed by atoms with E-state index >= 15 is 0 Å². The van der Waals surface area contributed by atoms with E-state index in [-0.39, 0.29) is 18.8 Å². The first-order chi connectivity index (χ1) is 6.44. The van der Waals surface area contributed by atoms with Gasteiger partial charge in [0.2, 0.25) is 0 Å². The van der Waals surface area contributed by atoms with Gasteiger partial charge in [-0.25, -0.2) is 8.42 Å². The van der Waals surface area contributed by atoms with Gasteiger partial charge in [0.15, 0.2) is 9.84 Å². The average Bonchev–Trinajstić information content (AvgIpc) is 2.14. The Hall–Kier alpha value is -0.620. The zero-order valence-electron chi connectivity index (χ0n) is 8.65. The molecule has 0 aromatic heterocycles. The Balaban J connectivity index is 4.21. The van der Waals surface area contributed by atoms with E-state index in [1.165, 1.54) is 21.1 Å². The zero-order valence-corrected chi connectivity index (χ0v) is 9.46. The largest absolute Gasteiger partial charge is 0.469 e. The third-order valence-electron chi connectivity index (χ3n) is 1.87. The lowest BCUT2D eigenvalue weighted by molar-refractivity contribution is -0.140. The van der Waals surface area contributed by atoms with Crippen LogP contribution in [0.25, 0.3) is 0 Å². The molecule has 0 rings (SSSR count). The highest BCUT2D eigenvalue weighted by Crippen LogP contribution is 2.07. The van der Waals surface area contributed by atoms with Crippen molar-refractivity contribution < 1.29 is 22.7 Å². The van der Waals surface area contributed by atoms with E-state index in [2.05, 4.69) is 9.47 Å². The molecule has 0 aliphatic carbocycles. The molecule has 14 heavy (non-hydrogen) atoms. The smallest absolute Gasteiger partial charge is 0.306 e. The third-order valence-corrected chi connectivity index (χ3v) is 4.00. The molecule has 0 amide bonds. The van der Waals surface area contributed by atoms with E-state index in [0.717, 1.165) is 0 Å². The Bertz CT molecular complexity index is 269. The number of carbonyl (C=O) groups is 1. The molecule has 0 fully saturated rings. The van der Waals surface area contributed by atoms with Crippen molar-refractivity contribution in [1.29, 1.82) is 0 Å². The number of sulfone groups is 1. The maximum absolute atomic E-state index is 11.5. The van der Waals surface area contributed by atoms with Gasteiger partial charge in [-0.1, -0.05) is 0 Å². The summed E-state index contributed by atoms with van der Waals surface area (Å²) in [4.78, 5) is 10.8. The topological polar surface area (TPSA) is 69.7 Å². The van der Waals surface area contributed by atoms with Gasteiger partial charge in [0.25, 0.3) is 0 Å². The van der Waals surface area contributed by atoms with E-state index in [1.807, 2.05) is 0 Å². The van der Waals surface area contributed by atoms with Crippen molar-refractivity contribution >= 4 is 15.8 Å². The Morgan fingerprint density at radius 2 is 1.93 bits per heavy atom. The number of esters is 1. The highest BCUT2D eigenvalue weighted by atomic mass is 32.2. The van der Waals surface area contributed by atoms with Gasteiger partial charge < -0.3 is 9.47 Å². The van der Waals surface area contributed by atoms with Crippen LogP contribution in [0.2, 0.25) is 0 Å². The van der Waals surface area contributed by atoms with Gasteiger partial charge in [-0.05, 0) is 6.92 Å². The lowest BCUT2D eigenvalue weighted by atomic mass is 10.3. The van der Waals surface area contributed by atoms with Crippen molar-refractivity contribution in [2.45, 2.75) is 18.6 Å². The van der Waals surface area contributed by atoms with Crippen molar-refractivity contribution in [3.63, 3.8) is 0 Å². The number of carbonyl (C=O) groups excluding carboxylic acids is 1. The Morgan fingerprint density at radius 1 is 1.36 bits per heavy atom. The summed E-state index contributed by atoms with van der Waals surface area (Å²) >= 11 is 0. The van der Waals surface area contributed by atoms with E-state index in [4.69, 9.17) is 0 Å². The molecule has 0 N–H and O–H groups in total. The summed E-state index contributed by atoms with van der Waals surface area (Å²) in [5.41, 5.74) is 0. The van der Waals surface area contributed by atoms with Crippen molar-refractivity contribution in [3.8, 4) is 0 Å². The highest BCUT2D eigenvalue weighted by molar-refractivity contribution is 7.92. The molecule has 5 nitrogen and oxygen atoms in total. The van der Waals surface area contributed by atoms with Crippen molar-refractivity contribution in [3.05, 3.63) is 0 Å². The summed E-state index contributed by atoms with van der Waals surface area (Å²) < 4.78 is 32.0. The maximum Gasteiger partial charge on any atom is 0.306 e. The third kappa shape index (κ3) is 4.57. The van der Waals surface area contributed by atoms with Crippen molar-refractivity contribution in [2.24, 2.45) is 0 Å². The Morgan fingerprint density at radius 3 is 2.36 bits per heavy atom. The average molecular weight is 224 g/mol. The van der Waals surface area contributed by atoms with Gasteiger partial charge in [0.05, 0.1) is 31.1 Å². The van der Waals surface area contributed by atoms with Gasteiger partial charge in [0.1, 0.15) is 0 Å². The molecule has 0 heterocycles. The summed E-state index contributed by atoms with van der Waals surface area (Å²) in [5.74, 6) is -0.583. The number of hydrogen-bond acceptors (Lipinski definition) is 5. The lowest BCUT2D eigenvalue weighted by Gasteiger charge is -2.10. The molecule has 0 spiro atoms. The van der Waals surface area contributed by atoms with Crippen LogP contribution in [-0.4, -0.2) is 46.2 Å². The summed E-state index contributed by atoms with van der Waals surface area (Å²) in [5, 5.41) is -0.718. The number of rotatable bonds is 6. The molecule has 84 valence electrons. The quantitative estimate of drug-likeness (QED) is 0.594. The minimum Gasteiger partial charge on any atom is -0.469 e. The molecule has 6 heteroatoms. The number of methoxy groups -OCH3 is 2. The maximum atomic E-state index is 11.5. The fourth-order valence-corrected chi connectivity index (χ4v) is 2.04. The van der Waals surface area contributed by atoms with Crippen LogP contribution in [0.5, 0.6) is 0 Å². The SMILES string of the molecule is COCCS(=O)(=O)C(C)CC(=O)OC. The fourth-order valence-electron chi connectivity index (χ4n) is 0.846. The van der Waals surface area contributed by atoms with E-state index in [1.54, 1.807) is 0 Å². The van der Waals surface area contributed by atoms with Crippen molar-refractivity contribution in [1.82, 2.24) is 0 Å². The summed E-state index contributed by atoms with van der Waals surface area (Å²) in [6.07, 6.45) is -0.109. The summed E-state index contributed by atoms with van der Waals surface area (Å²) in [6, 6.07) is 0. The first-order valence-corrected chi connectivity index (χ1v) is 5.93. The minimum absolute atomic E-state index is 0.0678. The molecule has 1 atom stereocenters. The molecule has 0 radical (unpaired) electrons. The molecule has 0 aromatic rings. The second-order valence-corrected chi connectivity index (χ2v) is 5.49. The van der Waals surface area contributed by atoms with Crippen LogP contribution in [0.15, 0.2) is 0 Å². The lowest BCUT2D eigenvalue weighted by Crippen LogP contribution is -2.26. The van der Waals surface area contributed by atoms with E-state index in [9.17, 15) is 13.2 Å². The molecule has 0 bridgehead atoms. The first kappa shape index (κ1) is 13.4. The minimum atomic E-state index is -3.25. The second kappa shape index (κ2) is 5.98. The van der Waals surface area contributed by atoms with Crippen LogP contribution in [0.4, 0.5) is 0 Å². The Labute approximate surface area is 84.3 Å². The van der Waals surface area contributed by atoms with Crippen LogP contribution in [0.3, 0.4) is 0 Å². The molecular weight excluding hydrogens is 208 g/mol. The number of ether oxygens (including phenoxy) is 2. The first-order valence-electron chi connectivity index (χ1n) is 4.21. The molecule has 0 aromatic carbocycles. The monoisotopic (exact) mass is 224 g/mol. The fraction of sp³-hybridized carbons (Fsp3) is 0.875. The van der Waals surface area contributed by atoms with Gasteiger partial charge in [-0.3, -0.25) is 4.79 Å². The molecule has 0 aliphatic heterocycles. The summed E-state index contributed by atoms with van der Waals surface area (Å²) in [6.45, 7) is 1.63. The molecule has 0 aliphatic rings. The van der Waals surface area contributed by atoms with Crippen LogP contribution in [0, 0.1) is 0 Å².